The quantitative estimate of drug-likeness (QED) is 0.537. The van der Waals surface area contributed by atoms with E-state index in [9.17, 15) is 9.59 Å². The number of rotatable bonds is 1. The summed E-state index contributed by atoms with van der Waals surface area (Å²) in [6, 6.07) is 1.25. The first kappa shape index (κ1) is 6.80. The second kappa shape index (κ2) is 2.51. The lowest BCUT2D eigenvalue weighted by atomic mass is 10.5. The maximum atomic E-state index is 10.6. The van der Waals surface area contributed by atoms with E-state index >= 15 is 0 Å². The van der Waals surface area contributed by atoms with E-state index in [2.05, 4.69) is 5.10 Å². The van der Waals surface area contributed by atoms with Crippen molar-refractivity contribution in [2.45, 2.75) is 13.5 Å². The van der Waals surface area contributed by atoms with Gasteiger partial charge in [0, 0.05) is 18.8 Å². The van der Waals surface area contributed by atoms with E-state index in [-0.39, 0.29) is 0 Å². The lowest BCUT2D eigenvalue weighted by molar-refractivity contribution is 0.625. The number of H-pyrrole nitrogens is 1. The summed E-state index contributed by atoms with van der Waals surface area (Å²) in [4.78, 5) is 21.1. The molecule has 1 rings (SSSR count). The van der Waals surface area contributed by atoms with E-state index < -0.39 is 11.0 Å². The van der Waals surface area contributed by atoms with E-state index in [0.717, 1.165) is 0 Å². The summed E-state index contributed by atoms with van der Waals surface area (Å²) in [5, 5.41) is 2.37. The van der Waals surface area contributed by atoms with Gasteiger partial charge in [0.25, 0.3) is 0 Å². The van der Waals surface area contributed by atoms with E-state index in [1.807, 2.05) is 6.92 Å². The zero-order valence-corrected chi connectivity index (χ0v) is 5.63. The summed E-state index contributed by atoms with van der Waals surface area (Å²) in [6.07, 6.45) is 1.55. The van der Waals surface area contributed by atoms with Crippen LogP contribution in [0.5, 0.6) is 0 Å². The first-order valence-electron chi connectivity index (χ1n) is 3.04. The Morgan fingerprint density at radius 1 is 1.60 bits per heavy atom. The monoisotopic (exact) mass is 140 g/mol. The number of hydrogen-bond donors (Lipinski definition) is 1. The van der Waals surface area contributed by atoms with Crippen molar-refractivity contribution < 1.29 is 0 Å². The first-order chi connectivity index (χ1) is 4.74. The highest BCUT2D eigenvalue weighted by Gasteiger charge is 1.89. The van der Waals surface area contributed by atoms with Crippen molar-refractivity contribution in [3.63, 3.8) is 0 Å². The van der Waals surface area contributed by atoms with E-state index in [1.54, 1.807) is 10.9 Å². The molecular weight excluding hydrogens is 132 g/mol. The van der Waals surface area contributed by atoms with Crippen molar-refractivity contribution >= 4 is 0 Å². The van der Waals surface area contributed by atoms with Gasteiger partial charge in [0.1, 0.15) is 0 Å². The van der Waals surface area contributed by atoms with Crippen molar-refractivity contribution in [1.29, 1.82) is 0 Å². The number of nitrogens with zero attached hydrogens (tertiary/aromatic N) is 1. The molecule has 0 spiro atoms. The van der Waals surface area contributed by atoms with Gasteiger partial charge in [-0.25, -0.2) is 0 Å². The third kappa shape index (κ3) is 1.15. The van der Waals surface area contributed by atoms with Crippen LogP contribution in [0.15, 0.2) is 21.9 Å². The van der Waals surface area contributed by atoms with Crippen LogP contribution in [-0.4, -0.2) is 9.78 Å². The molecular formula is C6H8N2O2. The van der Waals surface area contributed by atoms with E-state index in [1.165, 1.54) is 6.07 Å². The van der Waals surface area contributed by atoms with Crippen LogP contribution in [0.2, 0.25) is 0 Å². The fourth-order valence-electron chi connectivity index (χ4n) is 0.641. The average Bonchev–Trinajstić information content (AvgIpc) is 1.95. The van der Waals surface area contributed by atoms with Gasteiger partial charge in [0.2, 0.25) is 5.43 Å². The molecule has 0 fully saturated rings. The van der Waals surface area contributed by atoms with E-state index in [4.69, 9.17) is 0 Å². The zero-order chi connectivity index (χ0) is 7.56. The van der Waals surface area contributed by atoms with Gasteiger partial charge in [-0.05, 0) is 6.92 Å². The molecule has 1 heterocycles. The Morgan fingerprint density at radius 2 is 2.30 bits per heavy atom. The minimum Gasteiger partial charge on any atom is -0.293 e. The Hall–Kier alpha value is -1.32. The molecule has 0 radical (unpaired) electrons. The van der Waals surface area contributed by atoms with Gasteiger partial charge in [0.05, 0.1) is 0 Å². The van der Waals surface area contributed by atoms with Crippen LogP contribution in [0, 0.1) is 0 Å². The maximum Gasteiger partial charge on any atom is 0.310 e. The summed E-state index contributed by atoms with van der Waals surface area (Å²) in [7, 11) is 0. The van der Waals surface area contributed by atoms with Crippen LogP contribution in [0.3, 0.4) is 0 Å². The number of hydrogen-bond acceptors (Lipinski definition) is 2. The molecule has 0 saturated carbocycles. The predicted octanol–water partition coefficient (Wildman–Crippen LogP) is -0.444. The third-order valence-electron chi connectivity index (χ3n) is 1.22. The van der Waals surface area contributed by atoms with E-state index in [0.29, 0.717) is 6.54 Å². The number of nitrogens with one attached hydrogen (secondary N) is 1. The smallest absolute Gasteiger partial charge is 0.293 e. The number of aromatic amines is 1. The van der Waals surface area contributed by atoms with Gasteiger partial charge >= 0.3 is 5.56 Å². The fraction of sp³-hybridized carbons (Fsp3) is 0.333. The highest BCUT2D eigenvalue weighted by Crippen LogP contribution is 1.72. The number of aryl methyl sites for hydroxylation is 1. The highest BCUT2D eigenvalue weighted by molar-refractivity contribution is 4.86. The van der Waals surface area contributed by atoms with Crippen LogP contribution < -0.4 is 11.0 Å². The molecule has 54 valence electrons. The summed E-state index contributed by atoms with van der Waals surface area (Å²) < 4.78 is 1.55. The highest BCUT2D eigenvalue weighted by atomic mass is 16.2. The van der Waals surface area contributed by atoms with Crippen LogP contribution in [0.4, 0.5) is 0 Å². The second-order valence-corrected chi connectivity index (χ2v) is 1.91. The Bertz CT molecular complexity index is 323. The summed E-state index contributed by atoms with van der Waals surface area (Å²) in [5.41, 5.74) is -1.06. The van der Waals surface area contributed by atoms with Crippen LogP contribution >= 0.6 is 0 Å². The molecule has 0 unspecified atom stereocenters. The Labute approximate surface area is 57.1 Å². The van der Waals surface area contributed by atoms with Crippen LogP contribution in [-0.2, 0) is 6.54 Å². The molecule has 0 amide bonds. The number of aromatic nitrogens is 2. The zero-order valence-electron chi connectivity index (χ0n) is 5.63. The van der Waals surface area contributed by atoms with Crippen molar-refractivity contribution in [1.82, 2.24) is 9.78 Å². The third-order valence-corrected chi connectivity index (χ3v) is 1.22. The normalized spacial score (nSPS) is 9.70. The lowest BCUT2D eigenvalue weighted by Crippen LogP contribution is -2.29. The molecule has 0 aliphatic heterocycles. The molecule has 0 aliphatic carbocycles. The molecule has 0 aliphatic rings. The Morgan fingerprint density at radius 3 is 2.80 bits per heavy atom. The Balaban J connectivity index is 3.31. The van der Waals surface area contributed by atoms with Crippen molar-refractivity contribution in [3.8, 4) is 0 Å². The van der Waals surface area contributed by atoms with Crippen molar-refractivity contribution in [3.05, 3.63) is 32.8 Å². The van der Waals surface area contributed by atoms with Gasteiger partial charge in [-0.15, -0.1) is 0 Å². The summed E-state index contributed by atoms with van der Waals surface area (Å²) in [6.45, 7) is 2.54. The molecule has 0 bridgehead atoms. The summed E-state index contributed by atoms with van der Waals surface area (Å²) >= 11 is 0. The molecule has 1 N–H and O–H groups in total. The van der Waals surface area contributed by atoms with Crippen molar-refractivity contribution in [2.75, 3.05) is 0 Å². The Kier molecular flexibility index (Phi) is 1.71. The second-order valence-electron chi connectivity index (χ2n) is 1.91. The summed E-state index contributed by atoms with van der Waals surface area (Å²) in [5.74, 6) is 0. The van der Waals surface area contributed by atoms with Gasteiger partial charge in [0.15, 0.2) is 0 Å². The molecule has 0 saturated heterocycles. The average molecular weight is 140 g/mol. The molecule has 1 aromatic heterocycles. The topological polar surface area (TPSA) is 54.9 Å². The maximum absolute atomic E-state index is 10.6. The molecule has 0 aromatic carbocycles. The SMILES string of the molecule is CCn1ccc(=O)c(=O)[nH]1. The minimum atomic E-state index is -0.565. The molecule has 1 aromatic rings. The fourth-order valence-corrected chi connectivity index (χ4v) is 0.641. The standard InChI is InChI=1S/C6H8N2O2/c1-2-8-4-3-5(9)6(10)7-8/h3-4H,2H2,1H3,(H,7,10). The first-order valence-corrected chi connectivity index (χ1v) is 3.04. The van der Waals surface area contributed by atoms with Gasteiger partial charge in [-0.2, -0.15) is 0 Å². The minimum absolute atomic E-state index is 0.496. The van der Waals surface area contributed by atoms with Gasteiger partial charge in [-0.3, -0.25) is 19.4 Å². The van der Waals surface area contributed by atoms with Gasteiger partial charge < -0.3 is 0 Å². The van der Waals surface area contributed by atoms with Gasteiger partial charge in [-0.1, -0.05) is 0 Å². The molecule has 0 atom stereocenters. The largest absolute Gasteiger partial charge is 0.310 e. The molecule has 4 nitrogen and oxygen atoms in total. The van der Waals surface area contributed by atoms with Crippen molar-refractivity contribution in [2.24, 2.45) is 0 Å². The van der Waals surface area contributed by atoms with Crippen LogP contribution in [0.25, 0.3) is 0 Å². The lowest BCUT2D eigenvalue weighted by Gasteiger charge is -1.97. The molecule has 10 heavy (non-hydrogen) atoms. The predicted molar refractivity (Wildman–Crippen MR) is 37.0 cm³/mol. The van der Waals surface area contributed by atoms with Crippen LogP contribution in [0.1, 0.15) is 6.92 Å². The molecule has 4 heteroatoms.